The molecule has 0 aliphatic heterocycles. The summed E-state index contributed by atoms with van der Waals surface area (Å²) >= 11 is 0. The average molecular weight is 264 g/mol. The van der Waals surface area contributed by atoms with Crippen LogP contribution in [0.5, 0.6) is 0 Å². The molecule has 0 atom stereocenters. The molecule has 2 aliphatic rings. The number of esters is 2. The van der Waals surface area contributed by atoms with Crippen molar-refractivity contribution in [1.29, 1.82) is 0 Å². The molecule has 0 amide bonds. The van der Waals surface area contributed by atoms with Crippen LogP contribution in [-0.4, -0.2) is 25.2 Å². The second kappa shape index (κ2) is 5.07. The largest absolute Gasteiger partial charge is 0.460 e. The number of hydrogen-bond donors (Lipinski definition) is 0. The lowest BCUT2D eigenvalue weighted by Crippen LogP contribution is -2.08. The van der Waals surface area contributed by atoms with Crippen LogP contribution in [0.4, 0.5) is 0 Å². The Balaban J connectivity index is 1.51. The van der Waals surface area contributed by atoms with E-state index in [1.54, 1.807) is 0 Å². The summed E-state index contributed by atoms with van der Waals surface area (Å²) in [6.45, 7) is 0.863. The maximum Gasteiger partial charge on any atom is 0.374 e. The molecule has 2 fully saturated rings. The normalized spacial score (nSPS) is 18.1. The van der Waals surface area contributed by atoms with Crippen molar-refractivity contribution in [2.24, 2.45) is 11.8 Å². The highest BCUT2D eigenvalue weighted by Gasteiger charge is 2.26. The molecule has 102 valence electrons. The molecule has 0 saturated heterocycles. The number of carbonyl (C=O) groups is 2. The number of carbonyl (C=O) groups excluding carboxylic acids is 2. The van der Waals surface area contributed by atoms with Crippen LogP contribution in [0.1, 0.15) is 46.8 Å². The van der Waals surface area contributed by atoms with Gasteiger partial charge in [0.2, 0.25) is 11.5 Å². The van der Waals surface area contributed by atoms with E-state index in [2.05, 4.69) is 0 Å². The van der Waals surface area contributed by atoms with Crippen LogP contribution in [0.3, 0.4) is 0 Å². The summed E-state index contributed by atoms with van der Waals surface area (Å²) in [6.07, 6.45) is 4.46. The molecule has 1 aromatic heterocycles. The molecule has 19 heavy (non-hydrogen) atoms. The summed E-state index contributed by atoms with van der Waals surface area (Å²) in [5, 5.41) is 0. The molecule has 0 aromatic carbocycles. The highest BCUT2D eigenvalue weighted by Crippen LogP contribution is 2.30. The predicted molar refractivity (Wildman–Crippen MR) is 64.7 cm³/mol. The molecule has 3 rings (SSSR count). The zero-order valence-corrected chi connectivity index (χ0v) is 10.6. The summed E-state index contributed by atoms with van der Waals surface area (Å²) in [6, 6.07) is 2.89. The second-order valence-electron chi connectivity index (χ2n) is 5.25. The van der Waals surface area contributed by atoms with Gasteiger partial charge in [-0.3, -0.25) is 0 Å². The van der Waals surface area contributed by atoms with Gasteiger partial charge in [-0.2, -0.15) is 0 Å². The third-order valence-electron chi connectivity index (χ3n) is 3.30. The highest BCUT2D eigenvalue weighted by atomic mass is 16.6. The van der Waals surface area contributed by atoms with Crippen molar-refractivity contribution in [2.75, 3.05) is 13.2 Å². The molecule has 2 aliphatic carbocycles. The van der Waals surface area contributed by atoms with Crippen LogP contribution in [0.25, 0.3) is 0 Å². The Morgan fingerprint density at radius 2 is 1.37 bits per heavy atom. The monoisotopic (exact) mass is 264 g/mol. The lowest BCUT2D eigenvalue weighted by atomic mass is 10.4. The summed E-state index contributed by atoms with van der Waals surface area (Å²) in [7, 11) is 0. The first-order valence-electron chi connectivity index (χ1n) is 6.66. The van der Waals surface area contributed by atoms with E-state index in [9.17, 15) is 9.59 Å². The summed E-state index contributed by atoms with van der Waals surface area (Å²) < 4.78 is 15.3. The maximum atomic E-state index is 11.6. The van der Waals surface area contributed by atoms with E-state index >= 15 is 0 Å². The zero-order valence-electron chi connectivity index (χ0n) is 10.6. The fraction of sp³-hybridized carbons (Fsp3) is 0.571. The van der Waals surface area contributed by atoms with Gasteiger partial charge in [0, 0.05) is 0 Å². The van der Waals surface area contributed by atoms with Gasteiger partial charge in [-0.15, -0.1) is 0 Å². The number of rotatable bonds is 6. The Kier molecular flexibility index (Phi) is 3.27. The molecule has 2 saturated carbocycles. The Morgan fingerprint density at radius 3 is 1.74 bits per heavy atom. The van der Waals surface area contributed by atoms with Gasteiger partial charge in [0.05, 0.1) is 13.2 Å². The number of ether oxygens (including phenoxy) is 2. The van der Waals surface area contributed by atoms with E-state index in [0.717, 1.165) is 25.7 Å². The van der Waals surface area contributed by atoms with Crippen molar-refractivity contribution in [2.45, 2.75) is 25.7 Å². The standard InChI is InChI=1S/C14H16O5/c15-13(17-7-9-1-2-9)11-5-6-12(19-11)14(16)18-8-10-3-4-10/h5-6,9-10H,1-4,7-8H2. The Morgan fingerprint density at radius 1 is 0.947 bits per heavy atom. The fourth-order valence-electron chi connectivity index (χ4n) is 1.66. The molecule has 5 heteroatoms. The molecule has 0 N–H and O–H groups in total. The minimum atomic E-state index is -0.520. The molecule has 1 heterocycles. The van der Waals surface area contributed by atoms with Crippen molar-refractivity contribution in [1.82, 2.24) is 0 Å². The van der Waals surface area contributed by atoms with Crippen LogP contribution in [-0.2, 0) is 9.47 Å². The van der Waals surface area contributed by atoms with Crippen LogP contribution >= 0.6 is 0 Å². The smallest absolute Gasteiger partial charge is 0.374 e. The average Bonchev–Trinajstić information content (AvgIpc) is 3.32. The van der Waals surface area contributed by atoms with Crippen molar-refractivity contribution in [3.05, 3.63) is 23.7 Å². The Hall–Kier alpha value is -1.78. The van der Waals surface area contributed by atoms with Crippen LogP contribution < -0.4 is 0 Å². The van der Waals surface area contributed by atoms with Crippen LogP contribution in [0.2, 0.25) is 0 Å². The van der Waals surface area contributed by atoms with E-state index < -0.39 is 11.9 Å². The molecule has 0 bridgehead atoms. The lowest BCUT2D eigenvalue weighted by molar-refractivity contribution is 0.0415. The first-order valence-corrected chi connectivity index (χ1v) is 6.66. The molecular weight excluding hydrogens is 248 g/mol. The highest BCUT2D eigenvalue weighted by molar-refractivity contribution is 5.90. The van der Waals surface area contributed by atoms with Gasteiger partial charge in [0.1, 0.15) is 0 Å². The summed E-state index contributed by atoms with van der Waals surface area (Å²) in [4.78, 5) is 23.2. The van der Waals surface area contributed by atoms with Crippen LogP contribution in [0.15, 0.2) is 16.5 Å². The van der Waals surface area contributed by atoms with Crippen molar-refractivity contribution < 1.29 is 23.5 Å². The van der Waals surface area contributed by atoms with Gasteiger partial charge in [-0.05, 0) is 49.7 Å². The third-order valence-corrected chi connectivity index (χ3v) is 3.30. The van der Waals surface area contributed by atoms with E-state index in [0.29, 0.717) is 25.0 Å². The Labute approximate surface area is 110 Å². The maximum absolute atomic E-state index is 11.6. The third kappa shape index (κ3) is 3.36. The quantitative estimate of drug-likeness (QED) is 0.738. The summed E-state index contributed by atoms with van der Waals surface area (Å²) in [5.41, 5.74) is 0. The fourth-order valence-corrected chi connectivity index (χ4v) is 1.66. The molecular formula is C14H16O5. The first kappa shape index (κ1) is 12.3. The molecule has 0 unspecified atom stereocenters. The van der Waals surface area contributed by atoms with Gasteiger partial charge < -0.3 is 13.9 Å². The van der Waals surface area contributed by atoms with Gasteiger partial charge in [-0.1, -0.05) is 0 Å². The zero-order chi connectivity index (χ0) is 13.2. The van der Waals surface area contributed by atoms with Crippen molar-refractivity contribution >= 4 is 11.9 Å². The van der Waals surface area contributed by atoms with E-state index in [1.807, 2.05) is 0 Å². The minimum Gasteiger partial charge on any atom is -0.460 e. The SMILES string of the molecule is O=C(OCC1CC1)c1ccc(C(=O)OCC2CC2)o1. The van der Waals surface area contributed by atoms with Gasteiger partial charge >= 0.3 is 11.9 Å². The first-order chi connectivity index (χ1) is 9.22. The molecule has 0 radical (unpaired) electrons. The molecule has 5 nitrogen and oxygen atoms in total. The van der Waals surface area contributed by atoms with Crippen molar-refractivity contribution in [3.8, 4) is 0 Å². The van der Waals surface area contributed by atoms with Gasteiger partial charge in [0.25, 0.3) is 0 Å². The number of hydrogen-bond acceptors (Lipinski definition) is 5. The summed E-state index contributed by atoms with van der Waals surface area (Å²) in [5.74, 6) is 0.0723. The van der Waals surface area contributed by atoms with Crippen LogP contribution in [0, 0.1) is 11.8 Å². The van der Waals surface area contributed by atoms with Crippen molar-refractivity contribution in [3.63, 3.8) is 0 Å². The minimum absolute atomic E-state index is 0.0546. The van der Waals surface area contributed by atoms with E-state index in [4.69, 9.17) is 13.9 Å². The van der Waals surface area contributed by atoms with E-state index in [-0.39, 0.29) is 11.5 Å². The van der Waals surface area contributed by atoms with Gasteiger partial charge in [-0.25, -0.2) is 9.59 Å². The topological polar surface area (TPSA) is 65.7 Å². The second-order valence-corrected chi connectivity index (χ2v) is 5.25. The lowest BCUT2D eigenvalue weighted by Gasteiger charge is -2.01. The van der Waals surface area contributed by atoms with E-state index in [1.165, 1.54) is 12.1 Å². The van der Waals surface area contributed by atoms with Gasteiger partial charge in [0.15, 0.2) is 0 Å². The number of furan rings is 1. The molecule has 0 spiro atoms. The molecule has 1 aromatic rings. The Bertz CT molecular complexity index is 439. The predicted octanol–water partition coefficient (Wildman–Crippen LogP) is 2.41.